The molecule has 0 aromatic heterocycles. The first-order valence-electron chi connectivity index (χ1n) is 4.01. The van der Waals surface area contributed by atoms with E-state index >= 15 is 0 Å². The van der Waals surface area contributed by atoms with Gasteiger partial charge in [-0.05, 0) is 33.6 Å². The van der Waals surface area contributed by atoms with Crippen LogP contribution in [0.15, 0.2) is 16.6 Å². The van der Waals surface area contributed by atoms with Crippen LogP contribution in [0.5, 0.6) is 0 Å². The average Bonchev–Trinajstić information content (AvgIpc) is 2.14. The number of methoxy groups -OCH3 is 1. The molecule has 0 bridgehead atoms. The van der Waals surface area contributed by atoms with Crippen LogP contribution < -0.4 is 5.48 Å². The fourth-order valence-electron chi connectivity index (χ4n) is 1.17. The Balaban J connectivity index is 3.01. The molecule has 2 N–H and O–H groups in total. The van der Waals surface area contributed by atoms with Crippen LogP contribution in [-0.2, 0) is 17.9 Å². The minimum absolute atomic E-state index is 0.0714. The number of halogens is 2. The van der Waals surface area contributed by atoms with Gasteiger partial charge in [-0.15, -0.1) is 0 Å². The molecule has 0 aliphatic heterocycles. The monoisotopic (exact) mass is 263 g/mol. The molecule has 78 valence electrons. The summed E-state index contributed by atoms with van der Waals surface area (Å²) in [4.78, 5) is 0. The second-order valence-electron chi connectivity index (χ2n) is 2.82. The molecule has 0 unspecified atom stereocenters. The molecule has 0 amide bonds. The van der Waals surface area contributed by atoms with Crippen molar-refractivity contribution in [2.45, 2.75) is 13.2 Å². The molecular weight excluding hydrogens is 253 g/mol. The third-order valence-electron chi connectivity index (χ3n) is 1.74. The van der Waals surface area contributed by atoms with Crippen LogP contribution in [0.2, 0.25) is 0 Å². The lowest BCUT2D eigenvalue weighted by molar-refractivity contribution is 0.159. The predicted molar refractivity (Wildman–Crippen MR) is 53.4 cm³/mol. The van der Waals surface area contributed by atoms with Crippen LogP contribution >= 0.6 is 15.9 Å². The van der Waals surface area contributed by atoms with Crippen molar-refractivity contribution < 1.29 is 14.3 Å². The summed E-state index contributed by atoms with van der Waals surface area (Å²) in [5.41, 5.74) is 3.17. The normalized spacial score (nSPS) is 10.6. The van der Waals surface area contributed by atoms with Crippen molar-refractivity contribution in [3.8, 4) is 0 Å². The van der Waals surface area contributed by atoms with Gasteiger partial charge in [0.2, 0.25) is 0 Å². The maximum absolute atomic E-state index is 13.4. The molecule has 1 rings (SSSR count). The standard InChI is InChI=1S/C9H11BrFNO2/c1-14-5-6-2-7(4-12-13)9(11)8(10)3-6/h2-3,12-13H,4-5H2,1H3. The highest BCUT2D eigenvalue weighted by atomic mass is 79.9. The Bertz CT molecular complexity index is 320. The summed E-state index contributed by atoms with van der Waals surface area (Å²) in [6.45, 7) is 0.485. The highest BCUT2D eigenvalue weighted by Gasteiger charge is 2.08. The molecular formula is C9H11BrFNO2. The SMILES string of the molecule is COCc1cc(Br)c(F)c(CNO)c1. The molecule has 14 heavy (non-hydrogen) atoms. The summed E-state index contributed by atoms with van der Waals surface area (Å²) in [5.74, 6) is -0.369. The molecule has 0 fully saturated rings. The van der Waals surface area contributed by atoms with Gasteiger partial charge in [-0.1, -0.05) is 0 Å². The summed E-state index contributed by atoms with van der Waals surface area (Å²) >= 11 is 3.10. The molecule has 0 radical (unpaired) electrons. The Morgan fingerprint density at radius 3 is 2.86 bits per heavy atom. The molecule has 0 aliphatic rings. The Morgan fingerprint density at radius 1 is 1.57 bits per heavy atom. The molecule has 0 saturated heterocycles. The molecule has 0 aliphatic carbocycles. The van der Waals surface area contributed by atoms with E-state index in [1.165, 1.54) is 0 Å². The highest BCUT2D eigenvalue weighted by molar-refractivity contribution is 9.10. The van der Waals surface area contributed by atoms with Crippen molar-refractivity contribution in [2.75, 3.05) is 7.11 Å². The maximum Gasteiger partial charge on any atom is 0.141 e. The zero-order valence-corrected chi connectivity index (χ0v) is 9.27. The molecule has 5 heteroatoms. The van der Waals surface area contributed by atoms with Gasteiger partial charge in [-0.2, -0.15) is 0 Å². The molecule has 0 saturated carbocycles. The van der Waals surface area contributed by atoms with Crippen molar-refractivity contribution in [3.05, 3.63) is 33.5 Å². The topological polar surface area (TPSA) is 41.5 Å². The van der Waals surface area contributed by atoms with E-state index in [4.69, 9.17) is 9.94 Å². The van der Waals surface area contributed by atoms with E-state index in [0.717, 1.165) is 5.56 Å². The number of nitrogens with one attached hydrogen (secondary N) is 1. The van der Waals surface area contributed by atoms with Gasteiger partial charge < -0.3 is 9.94 Å². The van der Waals surface area contributed by atoms with Gasteiger partial charge in [0.15, 0.2) is 0 Å². The first-order chi connectivity index (χ1) is 6.69. The van der Waals surface area contributed by atoms with E-state index in [1.54, 1.807) is 19.2 Å². The van der Waals surface area contributed by atoms with Crippen LogP contribution in [0.1, 0.15) is 11.1 Å². The Kier molecular flexibility index (Phi) is 4.47. The summed E-state index contributed by atoms with van der Waals surface area (Å²) in [6.07, 6.45) is 0. The number of rotatable bonds is 4. The van der Waals surface area contributed by atoms with Gasteiger partial charge in [-0.3, -0.25) is 0 Å². The zero-order chi connectivity index (χ0) is 10.6. The smallest absolute Gasteiger partial charge is 0.141 e. The van der Waals surface area contributed by atoms with E-state index in [0.29, 0.717) is 16.6 Å². The van der Waals surface area contributed by atoms with E-state index in [-0.39, 0.29) is 12.4 Å². The van der Waals surface area contributed by atoms with Crippen LogP contribution in [0.4, 0.5) is 4.39 Å². The summed E-state index contributed by atoms with van der Waals surface area (Å²) in [5, 5.41) is 8.49. The number of hydrogen-bond acceptors (Lipinski definition) is 3. The first kappa shape index (κ1) is 11.6. The first-order valence-corrected chi connectivity index (χ1v) is 4.81. The maximum atomic E-state index is 13.4. The van der Waals surface area contributed by atoms with E-state index in [2.05, 4.69) is 15.9 Å². The van der Waals surface area contributed by atoms with Crippen LogP contribution in [0.3, 0.4) is 0 Å². The number of benzene rings is 1. The van der Waals surface area contributed by atoms with Gasteiger partial charge in [0, 0.05) is 19.2 Å². The second kappa shape index (κ2) is 5.41. The van der Waals surface area contributed by atoms with Crippen molar-refractivity contribution >= 4 is 15.9 Å². The van der Waals surface area contributed by atoms with Crippen molar-refractivity contribution in [2.24, 2.45) is 0 Å². The molecule has 3 nitrogen and oxygen atoms in total. The van der Waals surface area contributed by atoms with Crippen LogP contribution in [-0.4, -0.2) is 12.3 Å². The lowest BCUT2D eigenvalue weighted by Gasteiger charge is -2.07. The van der Waals surface area contributed by atoms with Crippen LogP contribution in [0, 0.1) is 5.82 Å². The molecule has 0 atom stereocenters. The lowest BCUT2D eigenvalue weighted by atomic mass is 10.1. The fourth-order valence-corrected chi connectivity index (χ4v) is 1.72. The highest BCUT2D eigenvalue weighted by Crippen LogP contribution is 2.21. The van der Waals surface area contributed by atoms with Gasteiger partial charge in [0.05, 0.1) is 11.1 Å². The third kappa shape index (κ3) is 2.75. The summed E-state index contributed by atoms with van der Waals surface area (Å²) < 4.78 is 18.7. The second-order valence-corrected chi connectivity index (χ2v) is 3.67. The van der Waals surface area contributed by atoms with E-state index in [1.807, 2.05) is 5.48 Å². The van der Waals surface area contributed by atoms with Crippen molar-refractivity contribution in [1.29, 1.82) is 0 Å². The number of hydroxylamine groups is 1. The Hall–Kier alpha value is -0.490. The van der Waals surface area contributed by atoms with Crippen LogP contribution in [0.25, 0.3) is 0 Å². The van der Waals surface area contributed by atoms with Crippen molar-refractivity contribution in [3.63, 3.8) is 0 Å². The third-order valence-corrected chi connectivity index (χ3v) is 2.32. The quantitative estimate of drug-likeness (QED) is 0.819. The van der Waals surface area contributed by atoms with E-state index < -0.39 is 0 Å². The number of ether oxygens (including phenoxy) is 1. The van der Waals surface area contributed by atoms with Gasteiger partial charge in [0.1, 0.15) is 5.82 Å². The van der Waals surface area contributed by atoms with Gasteiger partial charge >= 0.3 is 0 Å². The largest absolute Gasteiger partial charge is 0.380 e. The van der Waals surface area contributed by atoms with Gasteiger partial charge in [-0.25, -0.2) is 9.87 Å². The lowest BCUT2D eigenvalue weighted by Crippen LogP contribution is -2.09. The minimum atomic E-state index is -0.369. The predicted octanol–water partition coefficient (Wildman–Crippen LogP) is 2.21. The Labute approximate surface area is 90.0 Å². The molecule has 1 aromatic rings. The summed E-state index contributed by atoms with van der Waals surface area (Å²) in [7, 11) is 1.57. The Morgan fingerprint density at radius 2 is 2.29 bits per heavy atom. The van der Waals surface area contributed by atoms with E-state index in [9.17, 15) is 4.39 Å². The fraction of sp³-hybridized carbons (Fsp3) is 0.333. The molecule has 0 spiro atoms. The zero-order valence-electron chi connectivity index (χ0n) is 7.68. The molecule has 1 aromatic carbocycles. The minimum Gasteiger partial charge on any atom is -0.380 e. The average molecular weight is 264 g/mol. The van der Waals surface area contributed by atoms with Crippen molar-refractivity contribution in [1.82, 2.24) is 5.48 Å². The molecule has 0 heterocycles. The van der Waals surface area contributed by atoms with Gasteiger partial charge in [0.25, 0.3) is 0 Å². The summed E-state index contributed by atoms with van der Waals surface area (Å²) in [6, 6.07) is 3.30. The number of hydrogen-bond donors (Lipinski definition) is 2.